The quantitative estimate of drug-likeness (QED) is 0.245. The zero-order valence-corrected chi connectivity index (χ0v) is 17.3. The predicted molar refractivity (Wildman–Crippen MR) is 102 cm³/mol. The number of alkyl halides is 6. The van der Waals surface area contributed by atoms with Crippen molar-refractivity contribution in [2.24, 2.45) is 0 Å². The second-order valence-corrected chi connectivity index (χ2v) is 8.26. The van der Waals surface area contributed by atoms with Gasteiger partial charge in [-0.1, -0.05) is 40.7 Å². The van der Waals surface area contributed by atoms with E-state index in [0.29, 0.717) is 0 Å². The lowest BCUT2D eigenvalue weighted by Gasteiger charge is -2.09. The second-order valence-electron chi connectivity index (χ2n) is 6.55. The smallest absolute Gasteiger partial charge is 0.338 e. The molecule has 0 amide bonds. The molecule has 0 spiro atoms. The lowest BCUT2D eigenvalue weighted by molar-refractivity contribution is -0.138. The summed E-state index contributed by atoms with van der Waals surface area (Å²) in [5.74, 6) is -0.0238. The van der Waals surface area contributed by atoms with Crippen LogP contribution in [-0.4, -0.2) is 24.7 Å². The highest BCUT2D eigenvalue weighted by Crippen LogP contribution is 2.37. The van der Waals surface area contributed by atoms with E-state index >= 15 is 0 Å². The van der Waals surface area contributed by atoms with Crippen LogP contribution < -0.4 is 0 Å². The van der Waals surface area contributed by atoms with Crippen molar-refractivity contribution in [1.82, 2.24) is 24.7 Å². The van der Waals surface area contributed by atoms with E-state index in [1.807, 2.05) is 0 Å². The molecule has 14 heteroatoms. The molecule has 1 aromatic carbocycles. The number of fused-ring (bicyclic) bond motifs is 1. The lowest BCUT2D eigenvalue weighted by Crippen LogP contribution is -2.07. The zero-order chi connectivity index (χ0) is 23.3. The van der Waals surface area contributed by atoms with Crippen molar-refractivity contribution in [2.45, 2.75) is 29.7 Å². The van der Waals surface area contributed by atoms with Crippen LogP contribution in [0.2, 0.25) is 5.02 Å². The van der Waals surface area contributed by atoms with Crippen LogP contribution in [0, 0.1) is 0 Å². The Morgan fingerprint density at radius 3 is 2.44 bits per heavy atom. The molecule has 0 fully saturated rings. The fraction of sp³-hybridized carbons (Fsp3) is 0.222. The standard InChI is InChI=1S/C18H10ClF6N5OS/c1-8(15-26-13(29-31-15)9-3-2-4-10(5-9)17(20,21)22)32-16-28-27-14-12(19)6-11(7-30(14)16)18(23,24)25/h2-8H,1H3. The molecule has 0 saturated heterocycles. The van der Waals surface area contributed by atoms with Crippen LogP contribution in [0.1, 0.15) is 29.2 Å². The van der Waals surface area contributed by atoms with E-state index in [9.17, 15) is 26.3 Å². The fourth-order valence-electron chi connectivity index (χ4n) is 2.73. The van der Waals surface area contributed by atoms with Gasteiger partial charge in [0.05, 0.1) is 21.4 Å². The zero-order valence-electron chi connectivity index (χ0n) is 15.7. The highest BCUT2D eigenvalue weighted by molar-refractivity contribution is 7.99. The minimum atomic E-state index is -4.62. The van der Waals surface area contributed by atoms with Crippen molar-refractivity contribution < 1.29 is 30.9 Å². The first kappa shape index (κ1) is 22.4. The first-order chi connectivity index (χ1) is 14.9. The van der Waals surface area contributed by atoms with Gasteiger partial charge in [-0.25, -0.2) is 0 Å². The van der Waals surface area contributed by atoms with Crippen molar-refractivity contribution in [3.05, 3.63) is 58.6 Å². The molecule has 4 aromatic rings. The monoisotopic (exact) mass is 493 g/mol. The molecular formula is C18H10ClF6N5OS. The molecule has 1 atom stereocenters. The van der Waals surface area contributed by atoms with E-state index < -0.39 is 28.7 Å². The minimum absolute atomic E-state index is 0.0320. The average Bonchev–Trinajstić information content (AvgIpc) is 3.35. The Kier molecular flexibility index (Phi) is 5.57. The Balaban J connectivity index is 1.61. The van der Waals surface area contributed by atoms with Gasteiger partial charge < -0.3 is 4.52 Å². The third-order valence-electron chi connectivity index (χ3n) is 4.28. The summed E-state index contributed by atoms with van der Waals surface area (Å²) in [4.78, 5) is 4.11. The molecule has 3 aromatic heterocycles. The summed E-state index contributed by atoms with van der Waals surface area (Å²) >= 11 is 6.86. The molecule has 0 radical (unpaired) electrons. The normalized spacial score (nSPS) is 13.6. The number of thioether (sulfide) groups is 1. The molecule has 0 aliphatic rings. The van der Waals surface area contributed by atoms with Crippen LogP contribution in [0.3, 0.4) is 0 Å². The topological polar surface area (TPSA) is 69.1 Å². The number of nitrogens with zero attached hydrogens (tertiary/aromatic N) is 5. The van der Waals surface area contributed by atoms with Gasteiger partial charge in [-0.05, 0) is 25.1 Å². The number of pyridine rings is 1. The number of benzene rings is 1. The number of aromatic nitrogens is 5. The molecule has 0 N–H and O–H groups in total. The number of hydrogen-bond donors (Lipinski definition) is 0. The first-order valence-corrected chi connectivity index (χ1v) is 9.98. The first-order valence-electron chi connectivity index (χ1n) is 8.73. The van der Waals surface area contributed by atoms with Crippen molar-refractivity contribution in [3.63, 3.8) is 0 Å². The largest absolute Gasteiger partial charge is 0.417 e. The predicted octanol–water partition coefficient (Wildman–Crippen LogP) is 6.32. The van der Waals surface area contributed by atoms with E-state index in [0.717, 1.165) is 40.6 Å². The van der Waals surface area contributed by atoms with Crippen LogP contribution in [-0.2, 0) is 12.4 Å². The highest BCUT2D eigenvalue weighted by atomic mass is 35.5. The maximum absolute atomic E-state index is 13.1. The van der Waals surface area contributed by atoms with Crippen LogP contribution in [0.25, 0.3) is 17.0 Å². The summed E-state index contributed by atoms with van der Waals surface area (Å²) in [5.41, 5.74) is -1.71. The van der Waals surface area contributed by atoms with Gasteiger partial charge in [0.2, 0.25) is 11.7 Å². The van der Waals surface area contributed by atoms with Crippen molar-refractivity contribution >= 4 is 29.0 Å². The van der Waals surface area contributed by atoms with E-state index in [-0.39, 0.29) is 33.1 Å². The molecule has 0 bridgehead atoms. The van der Waals surface area contributed by atoms with Gasteiger partial charge in [-0.2, -0.15) is 31.3 Å². The van der Waals surface area contributed by atoms with Gasteiger partial charge in [-0.3, -0.25) is 4.40 Å². The highest BCUT2D eigenvalue weighted by Gasteiger charge is 2.33. The molecule has 6 nitrogen and oxygen atoms in total. The van der Waals surface area contributed by atoms with E-state index in [1.165, 1.54) is 12.1 Å². The van der Waals surface area contributed by atoms with Crippen molar-refractivity contribution in [1.29, 1.82) is 0 Å². The average molecular weight is 494 g/mol. The Morgan fingerprint density at radius 1 is 1.03 bits per heavy atom. The third kappa shape index (κ3) is 4.39. The Bertz CT molecular complexity index is 1290. The Hall–Kier alpha value is -2.80. The van der Waals surface area contributed by atoms with Crippen molar-refractivity contribution in [2.75, 3.05) is 0 Å². The molecule has 32 heavy (non-hydrogen) atoms. The van der Waals surface area contributed by atoms with Crippen LogP contribution in [0.5, 0.6) is 0 Å². The van der Waals surface area contributed by atoms with Gasteiger partial charge in [0.1, 0.15) is 0 Å². The summed E-state index contributed by atoms with van der Waals surface area (Å²) in [6.07, 6.45) is -8.34. The molecule has 1 unspecified atom stereocenters. The molecular weight excluding hydrogens is 484 g/mol. The molecule has 3 heterocycles. The van der Waals surface area contributed by atoms with Crippen LogP contribution >= 0.6 is 23.4 Å². The Labute approximate surface area is 184 Å². The van der Waals surface area contributed by atoms with Gasteiger partial charge in [0.25, 0.3) is 0 Å². The Morgan fingerprint density at radius 2 is 1.75 bits per heavy atom. The lowest BCUT2D eigenvalue weighted by atomic mass is 10.1. The second kappa shape index (κ2) is 7.96. The van der Waals surface area contributed by atoms with Gasteiger partial charge in [0.15, 0.2) is 10.8 Å². The van der Waals surface area contributed by atoms with Crippen LogP contribution in [0.15, 0.2) is 46.2 Å². The number of hydrogen-bond acceptors (Lipinski definition) is 6. The molecule has 4 rings (SSSR count). The summed E-state index contributed by atoms with van der Waals surface area (Å²) in [7, 11) is 0. The summed E-state index contributed by atoms with van der Waals surface area (Å²) in [5, 5.41) is 10.6. The SMILES string of the molecule is CC(Sc1nnc2c(Cl)cc(C(F)(F)F)cn12)c1nc(-c2cccc(C(F)(F)F)c2)no1. The number of halogens is 7. The summed E-state index contributed by atoms with van der Waals surface area (Å²) < 4.78 is 84.3. The molecule has 0 saturated carbocycles. The van der Waals surface area contributed by atoms with Gasteiger partial charge in [0, 0.05) is 11.8 Å². The summed E-state index contributed by atoms with van der Waals surface area (Å²) in [6.45, 7) is 1.62. The number of rotatable bonds is 4. The summed E-state index contributed by atoms with van der Waals surface area (Å²) in [6, 6.07) is 5.17. The molecule has 0 aliphatic carbocycles. The van der Waals surface area contributed by atoms with Gasteiger partial charge in [-0.15, -0.1) is 10.2 Å². The van der Waals surface area contributed by atoms with E-state index in [2.05, 4.69) is 20.3 Å². The fourth-order valence-corrected chi connectivity index (χ4v) is 3.83. The minimum Gasteiger partial charge on any atom is -0.338 e. The maximum Gasteiger partial charge on any atom is 0.417 e. The molecule has 0 aliphatic heterocycles. The van der Waals surface area contributed by atoms with E-state index in [1.54, 1.807) is 6.92 Å². The third-order valence-corrected chi connectivity index (χ3v) is 5.60. The van der Waals surface area contributed by atoms with Crippen molar-refractivity contribution in [3.8, 4) is 11.4 Å². The van der Waals surface area contributed by atoms with Crippen LogP contribution in [0.4, 0.5) is 26.3 Å². The molecule has 168 valence electrons. The van der Waals surface area contributed by atoms with E-state index in [4.69, 9.17) is 16.1 Å². The maximum atomic E-state index is 13.1. The van der Waals surface area contributed by atoms with Gasteiger partial charge >= 0.3 is 12.4 Å².